The molecule has 0 bridgehead atoms. The van der Waals surface area contributed by atoms with E-state index >= 15 is 0 Å². The van der Waals surface area contributed by atoms with Crippen LogP contribution in [0.5, 0.6) is 0 Å². The van der Waals surface area contributed by atoms with Gasteiger partial charge in [0, 0.05) is 48.6 Å². The molecular formula is C24H19ClF4N6O4. The number of methoxy groups -OCH3 is 1. The van der Waals surface area contributed by atoms with E-state index in [1.54, 1.807) is 0 Å². The van der Waals surface area contributed by atoms with Crippen LogP contribution in [0.2, 0.25) is 5.02 Å². The number of carboxylic acids is 1. The molecule has 15 heteroatoms. The maximum atomic E-state index is 13.6. The lowest BCUT2D eigenvalue weighted by Gasteiger charge is -2.15. The second-order valence-corrected chi connectivity index (χ2v) is 8.61. The SMILES string of the molecule is COCCn1cc(-c2cnc(Nc3ccc(F)c(Cl)c3)nc2-n2nc(C(F)(F)F)cc2C)cc(C(=O)O)c1=O. The predicted octanol–water partition coefficient (Wildman–Crippen LogP) is 4.70. The number of anilines is 2. The van der Waals surface area contributed by atoms with Gasteiger partial charge in [0.15, 0.2) is 11.5 Å². The van der Waals surface area contributed by atoms with Gasteiger partial charge in [0.05, 0.1) is 11.6 Å². The number of aromatic nitrogens is 5. The van der Waals surface area contributed by atoms with Crippen molar-refractivity contribution in [1.82, 2.24) is 24.3 Å². The third-order valence-corrected chi connectivity index (χ3v) is 5.78. The third kappa shape index (κ3) is 5.91. The molecule has 0 atom stereocenters. The van der Waals surface area contributed by atoms with Crippen molar-refractivity contribution in [2.75, 3.05) is 19.0 Å². The summed E-state index contributed by atoms with van der Waals surface area (Å²) >= 11 is 5.82. The highest BCUT2D eigenvalue weighted by Crippen LogP contribution is 2.32. The van der Waals surface area contributed by atoms with E-state index in [2.05, 4.69) is 20.4 Å². The standard InChI is InChI=1S/C24H19ClF4N6O4/c1-12-7-19(24(27,28)29)33-35(12)20-16(10-30-23(32-20)31-14-3-4-18(26)17(25)9-14)13-8-15(22(37)38)21(36)34(11-13)5-6-39-2/h3-4,7-11H,5-6H2,1-2H3,(H,37,38)(H,30,31,32). The molecule has 0 radical (unpaired) electrons. The summed E-state index contributed by atoms with van der Waals surface area (Å²) < 4.78 is 60.9. The maximum Gasteiger partial charge on any atom is 0.435 e. The van der Waals surface area contributed by atoms with Crippen molar-refractivity contribution in [1.29, 1.82) is 0 Å². The van der Waals surface area contributed by atoms with Crippen LogP contribution in [0.25, 0.3) is 16.9 Å². The molecule has 0 saturated carbocycles. The first-order chi connectivity index (χ1) is 18.4. The molecule has 1 aromatic carbocycles. The smallest absolute Gasteiger partial charge is 0.435 e. The molecule has 0 unspecified atom stereocenters. The van der Waals surface area contributed by atoms with E-state index in [9.17, 15) is 32.3 Å². The Morgan fingerprint density at radius 3 is 2.59 bits per heavy atom. The average Bonchev–Trinajstić information content (AvgIpc) is 3.27. The van der Waals surface area contributed by atoms with E-state index in [0.29, 0.717) is 0 Å². The van der Waals surface area contributed by atoms with Gasteiger partial charge in [-0.05, 0) is 37.3 Å². The number of alkyl halides is 3. The second-order valence-electron chi connectivity index (χ2n) is 8.20. The van der Waals surface area contributed by atoms with E-state index in [-0.39, 0.29) is 52.4 Å². The number of carbonyl (C=O) groups is 1. The molecule has 0 fully saturated rings. The Kier molecular flexibility index (Phi) is 7.70. The van der Waals surface area contributed by atoms with Gasteiger partial charge in [-0.1, -0.05) is 11.6 Å². The summed E-state index contributed by atoms with van der Waals surface area (Å²) in [6.07, 6.45) is -2.19. The molecule has 2 N–H and O–H groups in total. The van der Waals surface area contributed by atoms with Crippen LogP contribution in [0.1, 0.15) is 21.7 Å². The number of pyridine rings is 1. The highest BCUT2D eigenvalue weighted by Gasteiger charge is 2.35. The van der Waals surface area contributed by atoms with Gasteiger partial charge in [0.2, 0.25) is 5.95 Å². The summed E-state index contributed by atoms with van der Waals surface area (Å²) in [5, 5.41) is 15.9. The van der Waals surface area contributed by atoms with Crippen molar-refractivity contribution in [3.05, 3.63) is 80.9 Å². The van der Waals surface area contributed by atoms with Gasteiger partial charge in [0.1, 0.15) is 11.4 Å². The van der Waals surface area contributed by atoms with Gasteiger partial charge in [0.25, 0.3) is 5.56 Å². The summed E-state index contributed by atoms with van der Waals surface area (Å²) in [6.45, 7) is 1.47. The van der Waals surface area contributed by atoms with E-state index in [4.69, 9.17) is 16.3 Å². The summed E-state index contributed by atoms with van der Waals surface area (Å²) in [6, 6.07) is 5.61. The zero-order valence-electron chi connectivity index (χ0n) is 20.3. The van der Waals surface area contributed by atoms with Crippen molar-refractivity contribution >= 4 is 29.2 Å². The lowest BCUT2D eigenvalue weighted by Crippen LogP contribution is -2.27. The molecular weight excluding hydrogens is 548 g/mol. The zero-order chi connectivity index (χ0) is 28.5. The molecule has 0 spiro atoms. The minimum absolute atomic E-state index is 0.00360. The van der Waals surface area contributed by atoms with Gasteiger partial charge >= 0.3 is 12.1 Å². The largest absolute Gasteiger partial charge is 0.477 e. The number of hydrogen-bond donors (Lipinski definition) is 2. The Hall–Kier alpha value is -4.30. The highest BCUT2D eigenvalue weighted by atomic mass is 35.5. The summed E-state index contributed by atoms with van der Waals surface area (Å²) in [7, 11) is 1.40. The second kappa shape index (κ2) is 10.8. The van der Waals surface area contributed by atoms with Crippen LogP contribution in [0.3, 0.4) is 0 Å². The number of benzene rings is 1. The molecule has 10 nitrogen and oxygen atoms in total. The van der Waals surface area contributed by atoms with Crippen LogP contribution >= 0.6 is 11.6 Å². The van der Waals surface area contributed by atoms with E-state index in [1.165, 1.54) is 38.6 Å². The van der Waals surface area contributed by atoms with Gasteiger partial charge in [-0.25, -0.2) is 18.9 Å². The normalized spacial score (nSPS) is 11.6. The van der Waals surface area contributed by atoms with Crippen molar-refractivity contribution < 1.29 is 32.2 Å². The quantitative estimate of drug-likeness (QED) is 0.294. The summed E-state index contributed by atoms with van der Waals surface area (Å²) in [4.78, 5) is 32.9. The monoisotopic (exact) mass is 566 g/mol. The summed E-state index contributed by atoms with van der Waals surface area (Å²) in [5.41, 5.74) is -2.01. The van der Waals surface area contributed by atoms with Gasteiger partial charge in [-0.3, -0.25) is 4.79 Å². The minimum atomic E-state index is -4.75. The molecule has 3 aromatic heterocycles. The minimum Gasteiger partial charge on any atom is -0.477 e. The molecule has 39 heavy (non-hydrogen) atoms. The molecule has 0 aliphatic heterocycles. The number of halogens is 5. The van der Waals surface area contributed by atoms with E-state index in [1.807, 2.05) is 0 Å². The maximum absolute atomic E-state index is 13.6. The Labute approximate surface area is 222 Å². The first kappa shape index (κ1) is 27.7. The van der Waals surface area contributed by atoms with Crippen LogP contribution in [0, 0.1) is 12.7 Å². The number of aryl methyl sites for hydroxylation is 1. The molecule has 204 valence electrons. The zero-order valence-corrected chi connectivity index (χ0v) is 21.0. The lowest BCUT2D eigenvalue weighted by atomic mass is 10.1. The first-order valence-electron chi connectivity index (χ1n) is 11.1. The fourth-order valence-electron chi connectivity index (χ4n) is 3.62. The van der Waals surface area contributed by atoms with Gasteiger partial charge < -0.3 is 19.7 Å². The number of hydrogen-bond acceptors (Lipinski definition) is 7. The molecule has 0 saturated heterocycles. The van der Waals surface area contributed by atoms with Crippen molar-refractivity contribution in [3.8, 4) is 16.9 Å². The fraction of sp³-hybridized carbons (Fsp3) is 0.208. The Morgan fingerprint density at radius 1 is 1.23 bits per heavy atom. The summed E-state index contributed by atoms with van der Waals surface area (Å²) in [5.74, 6) is -2.42. The Balaban J connectivity index is 1.93. The van der Waals surface area contributed by atoms with Crippen LogP contribution in [0.15, 0.2) is 47.5 Å². The van der Waals surface area contributed by atoms with Crippen molar-refractivity contribution in [3.63, 3.8) is 0 Å². The topological polar surface area (TPSA) is 124 Å². The number of rotatable bonds is 8. The van der Waals surface area contributed by atoms with E-state index in [0.717, 1.165) is 27.4 Å². The predicted molar refractivity (Wildman–Crippen MR) is 132 cm³/mol. The van der Waals surface area contributed by atoms with Crippen molar-refractivity contribution in [2.24, 2.45) is 0 Å². The molecule has 4 aromatic rings. The number of carboxylic acid groups (broad SMARTS) is 1. The van der Waals surface area contributed by atoms with Crippen LogP contribution in [0.4, 0.5) is 29.2 Å². The lowest BCUT2D eigenvalue weighted by molar-refractivity contribution is -0.141. The highest BCUT2D eigenvalue weighted by molar-refractivity contribution is 6.31. The average molecular weight is 567 g/mol. The third-order valence-electron chi connectivity index (χ3n) is 5.49. The fourth-order valence-corrected chi connectivity index (χ4v) is 3.80. The Morgan fingerprint density at radius 2 is 1.97 bits per heavy atom. The molecule has 0 amide bonds. The number of ether oxygens (including phenoxy) is 1. The molecule has 0 aliphatic carbocycles. The number of nitrogens with zero attached hydrogens (tertiary/aromatic N) is 5. The van der Waals surface area contributed by atoms with Crippen LogP contribution in [-0.2, 0) is 17.5 Å². The van der Waals surface area contributed by atoms with E-state index < -0.39 is 34.8 Å². The van der Waals surface area contributed by atoms with Crippen LogP contribution in [-0.4, -0.2) is 49.1 Å². The number of nitrogens with one attached hydrogen (secondary N) is 1. The molecule has 3 heterocycles. The van der Waals surface area contributed by atoms with Gasteiger partial charge in [-0.15, -0.1) is 0 Å². The molecule has 4 rings (SSSR count). The van der Waals surface area contributed by atoms with Crippen LogP contribution < -0.4 is 10.9 Å². The first-order valence-corrected chi connectivity index (χ1v) is 11.5. The van der Waals surface area contributed by atoms with Gasteiger partial charge in [-0.2, -0.15) is 23.3 Å². The Bertz CT molecular complexity index is 1620. The van der Waals surface area contributed by atoms with Crippen molar-refractivity contribution in [2.45, 2.75) is 19.6 Å². The molecule has 0 aliphatic rings. The number of aromatic carboxylic acids is 1.